The monoisotopic (exact) mass is 338 g/mol. The summed E-state index contributed by atoms with van der Waals surface area (Å²) in [7, 11) is 0. The molecule has 0 bridgehead atoms. The topological polar surface area (TPSA) is 72.8 Å². The van der Waals surface area contributed by atoms with Gasteiger partial charge in [-0.1, -0.05) is 12.1 Å². The van der Waals surface area contributed by atoms with Gasteiger partial charge >= 0.3 is 6.03 Å². The fraction of sp³-hybridized carbons (Fsp3) is 0.611. The number of halogens is 1. The van der Waals surface area contributed by atoms with Crippen LogP contribution in [0.1, 0.15) is 50.7 Å². The minimum Gasteiger partial charge on any atom is -0.396 e. The molecule has 1 fully saturated rings. The predicted octanol–water partition coefficient (Wildman–Crippen LogP) is 2.58. The highest BCUT2D eigenvalue weighted by Crippen LogP contribution is 2.27. The van der Waals surface area contributed by atoms with Crippen molar-refractivity contribution in [1.29, 1.82) is 0 Å². The van der Waals surface area contributed by atoms with Gasteiger partial charge in [0.05, 0.1) is 6.10 Å². The Morgan fingerprint density at radius 2 is 2.12 bits per heavy atom. The minimum atomic E-state index is -0.712. The summed E-state index contributed by atoms with van der Waals surface area (Å²) in [5.41, 5.74) is 0.667. The van der Waals surface area contributed by atoms with Gasteiger partial charge in [-0.05, 0) is 56.7 Å². The first-order valence-corrected chi connectivity index (χ1v) is 8.62. The van der Waals surface area contributed by atoms with Crippen LogP contribution in [-0.4, -0.2) is 46.4 Å². The van der Waals surface area contributed by atoms with Gasteiger partial charge in [-0.15, -0.1) is 0 Å². The number of carbonyl (C=O) groups excluding carboxylic acids is 1. The van der Waals surface area contributed by atoms with Gasteiger partial charge in [-0.2, -0.15) is 0 Å². The first kappa shape index (κ1) is 18.7. The van der Waals surface area contributed by atoms with E-state index in [4.69, 9.17) is 5.11 Å². The third kappa shape index (κ3) is 5.18. The van der Waals surface area contributed by atoms with Crippen LogP contribution in [0.25, 0.3) is 0 Å². The molecule has 0 aliphatic carbocycles. The zero-order chi connectivity index (χ0) is 17.5. The SMILES string of the molecule is CC(CCCO)NC(=O)N1CCCC1CC(O)c1ccc(F)cc1. The largest absolute Gasteiger partial charge is 0.396 e. The molecule has 134 valence electrons. The van der Waals surface area contributed by atoms with E-state index in [1.54, 1.807) is 17.0 Å². The number of nitrogens with zero attached hydrogens (tertiary/aromatic N) is 1. The summed E-state index contributed by atoms with van der Waals surface area (Å²) in [6.07, 6.45) is 2.91. The summed E-state index contributed by atoms with van der Waals surface area (Å²) in [4.78, 5) is 14.2. The lowest BCUT2D eigenvalue weighted by Crippen LogP contribution is -2.46. The number of hydrogen-bond acceptors (Lipinski definition) is 3. The molecule has 3 N–H and O–H groups in total. The molecular weight excluding hydrogens is 311 g/mol. The molecule has 0 aromatic heterocycles. The summed E-state index contributed by atoms with van der Waals surface area (Å²) in [6.45, 7) is 2.72. The summed E-state index contributed by atoms with van der Waals surface area (Å²) >= 11 is 0. The van der Waals surface area contributed by atoms with Crippen molar-refractivity contribution in [3.63, 3.8) is 0 Å². The Bertz CT molecular complexity index is 524. The number of aliphatic hydroxyl groups is 2. The van der Waals surface area contributed by atoms with Crippen molar-refractivity contribution in [2.24, 2.45) is 0 Å². The standard InChI is InChI=1S/C18H27FN2O3/c1-13(4-3-11-22)20-18(24)21-10-2-5-16(21)12-17(23)14-6-8-15(19)9-7-14/h6-9,13,16-17,22-23H,2-5,10-12H2,1H3,(H,20,24). The van der Waals surface area contributed by atoms with Crippen molar-refractivity contribution in [3.8, 4) is 0 Å². The van der Waals surface area contributed by atoms with Gasteiger partial charge in [0, 0.05) is 25.2 Å². The Kier molecular flexibility index (Phi) is 6.99. The molecule has 0 spiro atoms. The second kappa shape index (κ2) is 8.99. The zero-order valence-electron chi connectivity index (χ0n) is 14.1. The highest BCUT2D eigenvalue weighted by molar-refractivity contribution is 5.75. The van der Waals surface area contributed by atoms with Crippen molar-refractivity contribution in [1.82, 2.24) is 10.2 Å². The van der Waals surface area contributed by atoms with Gasteiger partial charge in [0.1, 0.15) is 5.82 Å². The summed E-state index contributed by atoms with van der Waals surface area (Å²) in [5.74, 6) is -0.329. The Morgan fingerprint density at radius 1 is 1.42 bits per heavy atom. The van der Waals surface area contributed by atoms with E-state index in [1.165, 1.54) is 12.1 Å². The molecule has 6 heteroatoms. The number of carbonyl (C=O) groups is 1. The number of likely N-dealkylation sites (tertiary alicyclic amines) is 1. The average Bonchev–Trinajstić information content (AvgIpc) is 3.01. The van der Waals surface area contributed by atoms with Gasteiger partial charge in [0.2, 0.25) is 0 Å². The molecule has 2 rings (SSSR count). The van der Waals surface area contributed by atoms with Gasteiger partial charge in [-0.3, -0.25) is 0 Å². The van der Waals surface area contributed by atoms with E-state index < -0.39 is 6.10 Å². The highest BCUT2D eigenvalue weighted by Gasteiger charge is 2.31. The molecule has 2 amide bonds. The van der Waals surface area contributed by atoms with Crippen molar-refractivity contribution in [3.05, 3.63) is 35.6 Å². The van der Waals surface area contributed by atoms with Crippen LogP contribution in [0.5, 0.6) is 0 Å². The Labute approximate surface area is 142 Å². The molecule has 1 aromatic carbocycles. The fourth-order valence-corrected chi connectivity index (χ4v) is 3.19. The van der Waals surface area contributed by atoms with Crippen LogP contribution >= 0.6 is 0 Å². The van der Waals surface area contributed by atoms with Crippen molar-refractivity contribution < 1.29 is 19.4 Å². The van der Waals surface area contributed by atoms with Crippen LogP contribution in [0.2, 0.25) is 0 Å². The minimum absolute atomic E-state index is 0.00734. The van der Waals surface area contributed by atoms with Crippen molar-refractivity contribution in [2.75, 3.05) is 13.2 Å². The summed E-state index contributed by atoms with van der Waals surface area (Å²) in [5, 5.41) is 22.2. The molecule has 0 radical (unpaired) electrons. The number of urea groups is 1. The number of rotatable bonds is 7. The molecule has 1 aromatic rings. The molecule has 0 saturated carbocycles. The quantitative estimate of drug-likeness (QED) is 0.715. The second-order valence-corrected chi connectivity index (χ2v) is 6.51. The van der Waals surface area contributed by atoms with E-state index in [9.17, 15) is 14.3 Å². The molecule has 3 unspecified atom stereocenters. The maximum atomic E-state index is 13.0. The number of amides is 2. The van der Waals surface area contributed by atoms with Crippen molar-refractivity contribution >= 4 is 6.03 Å². The fourth-order valence-electron chi connectivity index (χ4n) is 3.19. The molecular formula is C18H27FN2O3. The van der Waals surface area contributed by atoms with Crippen LogP contribution < -0.4 is 5.32 Å². The Balaban J connectivity index is 1.89. The molecule has 1 heterocycles. The van der Waals surface area contributed by atoms with E-state index in [-0.39, 0.29) is 30.5 Å². The summed E-state index contributed by atoms with van der Waals surface area (Å²) in [6, 6.07) is 5.70. The summed E-state index contributed by atoms with van der Waals surface area (Å²) < 4.78 is 13.0. The molecule has 24 heavy (non-hydrogen) atoms. The maximum absolute atomic E-state index is 13.0. The third-order valence-electron chi connectivity index (χ3n) is 4.55. The molecule has 3 atom stereocenters. The van der Waals surface area contributed by atoms with Crippen LogP contribution in [-0.2, 0) is 0 Å². The van der Waals surface area contributed by atoms with Gasteiger partial charge < -0.3 is 20.4 Å². The van der Waals surface area contributed by atoms with E-state index in [1.807, 2.05) is 6.92 Å². The number of benzene rings is 1. The normalized spacial score (nSPS) is 20.0. The maximum Gasteiger partial charge on any atom is 0.317 e. The highest BCUT2D eigenvalue weighted by atomic mass is 19.1. The predicted molar refractivity (Wildman–Crippen MR) is 90.0 cm³/mol. The van der Waals surface area contributed by atoms with E-state index >= 15 is 0 Å². The molecule has 5 nitrogen and oxygen atoms in total. The Morgan fingerprint density at radius 3 is 2.79 bits per heavy atom. The lowest BCUT2D eigenvalue weighted by molar-refractivity contribution is 0.125. The smallest absolute Gasteiger partial charge is 0.317 e. The van der Waals surface area contributed by atoms with Crippen LogP contribution in [0, 0.1) is 5.82 Å². The van der Waals surface area contributed by atoms with E-state index in [0.29, 0.717) is 24.9 Å². The van der Waals surface area contributed by atoms with Gasteiger partial charge in [0.15, 0.2) is 0 Å². The lowest BCUT2D eigenvalue weighted by atomic mass is 10.0. The van der Waals surface area contributed by atoms with Crippen LogP contribution in [0.3, 0.4) is 0 Å². The molecule has 1 aliphatic rings. The first-order valence-electron chi connectivity index (χ1n) is 8.62. The van der Waals surface area contributed by atoms with Gasteiger partial charge in [0.25, 0.3) is 0 Å². The molecule has 1 saturated heterocycles. The van der Waals surface area contributed by atoms with Crippen LogP contribution in [0.15, 0.2) is 24.3 Å². The van der Waals surface area contributed by atoms with Gasteiger partial charge in [-0.25, -0.2) is 9.18 Å². The number of aliphatic hydroxyl groups excluding tert-OH is 2. The van der Waals surface area contributed by atoms with Crippen molar-refractivity contribution in [2.45, 2.75) is 57.2 Å². The number of nitrogens with one attached hydrogen (secondary N) is 1. The first-order chi connectivity index (χ1) is 11.5. The molecule has 1 aliphatic heterocycles. The lowest BCUT2D eigenvalue weighted by Gasteiger charge is -2.28. The number of hydrogen-bond donors (Lipinski definition) is 3. The Hall–Kier alpha value is -1.66. The third-order valence-corrected chi connectivity index (χ3v) is 4.55. The van der Waals surface area contributed by atoms with Crippen LogP contribution in [0.4, 0.5) is 9.18 Å². The average molecular weight is 338 g/mol. The van der Waals surface area contributed by atoms with E-state index in [0.717, 1.165) is 19.3 Å². The second-order valence-electron chi connectivity index (χ2n) is 6.51. The van der Waals surface area contributed by atoms with E-state index in [2.05, 4.69) is 5.32 Å². The zero-order valence-corrected chi connectivity index (χ0v) is 14.1.